The SMILES string of the molecule is COc1ccc(C)cc1NC(=O)CNC(=O)CCc1c(C)nc2c(c(C)nn2C)c1C. The molecule has 8 heteroatoms. The highest BCUT2D eigenvalue weighted by Crippen LogP contribution is 2.26. The van der Waals surface area contributed by atoms with Crippen LogP contribution in [0.1, 0.15) is 34.5 Å². The van der Waals surface area contributed by atoms with E-state index < -0.39 is 0 Å². The molecule has 3 rings (SSSR count). The standard InChI is InChI=1S/C23H29N5O3/c1-13-7-9-19(31-6)18(11-13)26-21(30)12-24-20(29)10-8-17-14(2)22-16(4)27-28(5)23(22)25-15(17)3/h7,9,11H,8,10,12H2,1-6H3,(H,24,29)(H,26,30). The molecule has 0 saturated carbocycles. The van der Waals surface area contributed by atoms with E-state index in [1.807, 2.05) is 46.9 Å². The van der Waals surface area contributed by atoms with Gasteiger partial charge in [0.2, 0.25) is 11.8 Å². The fourth-order valence-corrected chi connectivity index (χ4v) is 3.85. The average Bonchev–Trinajstić information content (AvgIpc) is 2.99. The van der Waals surface area contributed by atoms with Crippen molar-refractivity contribution in [1.29, 1.82) is 0 Å². The third-order valence-electron chi connectivity index (χ3n) is 5.41. The summed E-state index contributed by atoms with van der Waals surface area (Å²) in [6.45, 7) is 7.78. The number of hydrogen-bond acceptors (Lipinski definition) is 5. The van der Waals surface area contributed by atoms with Crippen molar-refractivity contribution in [2.75, 3.05) is 19.0 Å². The topological polar surface area (TPSA) is 98.1 Å². The summed E-state index contributed by atoms with van der Waals surface area (Å²) in [6, 6.07) is 5.52. The quantitative estimate of drug-likeness (QED) is 0.609. The zero-order valence-electron chi connectivity index (χ0n) is 18.9. The molecule has 0 aliphatic rings. The summed E-state index contributed by atoms with van der Waals surface area (Å²) >= 11 is 0. The van der Waals surface area contributed by atoms with E-state index in [9.17, 15) is 9.59 Å². The highest BCUT2D eigenvalue weighted by molar-refractivity contribution is 5.95. The first-order valence-corrected chi connectivity index (χ1v) is 10.2. The number of pyridine rings is 1. The minimum atomic E-state index is -0.307. The highest BCUT2D eigenvalue weighted by atomic mass is 16.5. The van der Waals surface area contributed by atoms with E-state index in [4.69, 9.17) is 4.74 Å². The maximum Gasteiger partial charge on any atom is 0.243 e. The van der Waals surface area contributed by atoms with Crippen LogP contribution in [0, 0.1) is 27.7 Å². The van der Waals surface area contributed by atoms with E-state index in [2.05, 4.69) is 20.7 Å². The number of carbonyl (C=O) groups excluding carboxylic acids is 2. The Morgan fingerprint density at radius 3 is 2.55 bits per heavy atom. The smallest absolute Gasteiger partial charge is 0.243 e. The lowest BCUT2D eigenvalue weighted by Crippen LogP contribution is -2.33. The number of methoxy groups -OCH3 is 1. The molecule has 0 saturated heterocycles. The molecule has 0 aliphatic heterocycles. The molecule has 0 unspecified atom stereocenters. The number of anilines is 1. The summed E-state index contributed by atoms with van der Waals surface area (Å²) in [7, 11) is 3.43. The van der Waals surface area contributed by atoms with Gasteiger partial charge in [-0.25, -0.2) is 4.98 Å². The molecule has 0 spiro atoms. The van der Waals surface area contributed by atoms with Crippen molar-refractivity contribution in [1.82, 2.24) is 20.1 Å². The number of benzene rings is 1. The summed E-state index contributed by atoms with van der Waals surface area (Å²) in [6.07, 6.45) is 0.823. The predicted octanol–water partition coefficient (Wildman–Crippen LogP) is 2.90. The fraction of sp³-hybridized carbons (Fsp3) is 0.391. The van der Waals surface area contributed by atoms with E-state index in [0.29, 0.717) is 17.9 Å². The number of carbonyl (C=O) groups is 2. The Bertz CT molecular complexity index is 1150. The zero-order chi connectivity index (χ0) is 22.7. The first-order chi connectivity index (χ1) is 14.7. The van der Waals surface area contributed by atoms with Gasteiger partial charge in [-0.15, -0.1) is 0 Å². The van der Waals surface area contributed by atoms with Crippen LogP contribution in [0.3, 0.4) is 0 Å². The normalized spacial score (nSPS) is 10.9. The number of rotatable bonds is 7. The molecule has 2 aromatic heterocycles. The summed E-state index contributed by atoms with van der Waals surface area (Å²) in [5, 5.41) is 11.0. The van der Waals surface area contributed by atoms with E-state index in [1.54, 1.807) is 17.9 Å². The van der Waals surface area contributed by atoms with Gasteiger partial charge < -0.3 is 15.4 Å². The second-order valence-corrected chi connectivity index (χ2v) is 7.74. The highest BCUT2D eigenvalue weighted by Gasteiger charge is 2.16. The Kier molecular flexibility index (Phi) is 6.58. The maximum atomic E-state index is 12.4. The van der Waals surface area contributed by atoms with Gasteiger partial charge in [-0.05, 0) is 62.9 Å². The van der Waals surface area contributed by atoms with Crippen LogP contribution in [0.2, 0.25) is 0 Å². The van der Waals surface area contributed by atoms with Crippen molar-refractivity contribution in [3.63, 3.8) is 0 Å². The molecule has 2 amide bonds. The molecule has 8 nitrogen and oxygen atoms in total. The first-order valence-electron chi connectivity index (χ1n) is 10.2. The Balaban J connectivity index is 1.59. The van der Waals surface area contributed by atoms with Crippen molar-refractivity contribution in [2.24, 2.45) is 7.05 Å². The number of amides is 2. The molecule has 3 aromatic rings. The van der Waals surface area contributed by atoms with Crippen molar-refractivity contribution in [2.45, 2.75) is 40.5 Å². The summed E-state index contributed by atoms with van der Waals surface area (Å²) in [5.41, 5.74) is 6.41. The molecule has 0 aliphatic carbocycles. The van der Waals surface area contributed by atoms with Gasteiger partial charge in [0.25, 0.3) is 0 Å². The monoisotopic (exact) mass is 423 g/mol. The number of nitrogens with zero attached hydrogens (tertiary/aromatic N) is 3. The third-order valence-corrected chi connectivity index (χ3v) is 5.41. The van der Waals surface area contributed by atoms with Crippen molar-refractivity contribution in [3.8, 4) is 5.75 Å². The molecule has 0 radical (unpaired) electrons. The van der Waals surface area contributed by atoms with E-state index in [0.717, 1.165) is 39.1 Å². The number of nitrogens with one attached hydrogen (secondary N) is 2. The Hall–Kier alpha value is -3.42. The number of aromatic nitrogens is 3. The second kappa shape index (κ2) is 9.16. The van der Waals surface area contributed by atoms with Crippen LogP contribution in [0.4, 0.5) is 5.69 Å². The molecule has 2 N–H and O–H groups in total. The molecule has 31 heavy (non-hydrogen) atoms. The summed E-state index contributed by atoms with van der Waals surface area (Å²) in [5.74, 6) is 0.0802. The second-order valence-electron chi connectivity index (χ2n) is 7.74. The van der Waals surface area contributed by atoms with Crippen LogP contribution in [-0.4, -0.2) is 40.2 Å². The molecule has 0 atom stereocenters. The predicted molar refractivity (Wildman–Crippen MR) is 120 cm³/mol. The molecular formula is C23H29N5O3. The average molecular weight is 424 g/mol. The first kappa shape index (κ1) is 22.3. The Morgan fingerprint density at radius 1 is 1.10 bits per heavy atom. The van der Waals surface area contributed by atoms with Crippen molar-refractivity contribution in [3.05, 3.63) is 46.3 Å². The van der Waals surface area contributed by atoms with Gasteiger partial charge in [0, 0.05) is 24.5 Å². The van der Waals surface area contributed by atoms with Gasteiger partial charge in [-0.3, -0.25) is 14.3 Å². The van der Waals surface area contributed by atoms with Gasteiger partial charge in [0.05, 0.1) is 25.0 Å². The zero-order valence-corrected chi connectivity index (χ0v) is 18.9. The van der Waals surface area contributed by atoms with Crippen molar-refractivity contribution < 1.29 is 14.3 Å². The van der Waals surface area contributed by atoms with Gasteiger partial charge in [0.15, 0.2) is 5.65 Å². The Labute approximate surface area is 182 Å². The fourth-order valence-electron chi connectivity index (χ4n) is 3.85. The third kappa shape index (κ3) is 4.84. The van der Waals surface area contributed by atoms with Gasteiger partial charge in [-0.1, -0.05) is 6.07 Å². The molecule has 0 fully saturated rings. The van der Waals surface area contributed by atoms with Crippen LogP contribution in [-0.2, 0) is 23.1 Å². The van der Waals surface area contributed by atoms with E-state index >= 15 is 0 Å². The number of fused-ring (bicyclic) bond motifs is 1. The molecular weight excluding hydrogens is 394 g/mol. The largest absolute Gasteiger partial charge is 0.495 e. The summed E-state index contributed by atoms with van der Waals surface area (Å²) < 4.78 is 7.04. The van der Waals surface area contributed by atoms with Gasteiger partial charge in [0.1, 0.15) is 5.75 Å². The van der Waals surface area contributed by atoms with Crippen LogP contribution in [0.15, 0.2) is 18.2 Å². The lowest BCUT2D eigenvalue weighted by atomic mass is 9.99. The van der Waals surface area contributed by atoms with Gasteiger partial charge >= 0.3 is 0 Å². The van der Waals surface area contributed by atoms with Crippen LogP contribution in [0.25, 0.3) is 11.0 Å². The molecule has 0 bridgehead atoms. The van der Waals surface area contributed by atoms with Crippen molar-refractivity contribution >= 4 is 28.5 Å². The van der Waals surface area contributed by atoms with Crippen LogP contribution in [0.5, 0.6) is 5.75 Å². The number of hydrogen-bond donors (Lipinski definition) is 2. The number of aryl methyl sites for hydroxylation is 5. The lowest BCUT2D eigenvalue weighted by molar-refractivity contribution is -0.124. The number of ether oxygens (including phenoxy) is 1. The molecule has 2 heterocycles. The minimum Gasteiger partial charge on any atom is -0.495 e. The van der Waals surface area contributed by atoms with Gasteiger partial charge in [-0.2, -0.15) is 5.10 Å². The minimum absolute atomic E-state index is 0.104. The van der Waals surface area contributed by atoms with E-state index in [1.165, 1.54) is 0 Å². The summed E-state index contributed by atoms with van der Waals surface area (Å²) in [4.78, 5) is 29.3. The molecule has 164 valence electrons. The Morgan fingerprint density at radius 2 is 1.84 bits per heavy atom. The lowest BCUT2D eigenvalue weighted by Gasteiger charge is -2.12. The van der Waals surface area contributed by atoms with Crippen LogP contribution < -0.4 is 15.4 Å². The molecule has 1 aromatic carbocycles. The van der Waals surface area contributed by atoms with E-state index in [-0.39, 0.29) is 24.8 Å². The maximum absolute atomic E-state index is 12.4. The van der Waals surface area contributed by atoms with Crippen LogP contribution >= 0.6 is 0 Å².